The topological polar surface area (TPSA) is 92.6 Å². The molecule has 0 saturated carbocycles. The highest BCUT2D eigenvalue weighted by Gasteiger charge is 2.36. The number of carbonyl (C=O) groups is 1. The number of nitrogens with zero attached hydrogens (tertiary/aromatic N) is 4. The number of sulfone groups is 1. The molecule has 0 bridgehead atoms. The molecule has 2 fully saturated rings. The molecule has 2 aromatic rings. The van der Waals surface area contributed by atoms with Crippen molar-refractivity contribution in [2.45, 2.75) is 26.3 Å². The molecule has 8 nitrogen and oxygen atoms in total. The minimum atomic E-state index is -3.06. The van der Waals surface area contributed by atoms with Crippen molar-refractivity contribution in [3.05, 3.63) is 34.9 Å². The van der Waals surface area contributed by atoms with Gasteiger partial charge in [-0.15, -0.1) is 0 Å². The molecule has 3 heterocycles. The molecule has 9 heteroatoms. The van der Waals surface area contributed by atoms with Gasteiger partial charge in [-0.3, -0.25) is 14.2 Å². The van der Waals surface area contributed by atoms with Crippen molar-refractivity contribution in [1.82, 2.24) is 14.5 Å². The standard InChI is InChI=1S/C20H26N4O4S/c1-14(2)24-13-21-18-11-16(3-4-17(18)20(24)26)22-6-8-23(9-7-22)19(25)15-5-10-29(27,28)12-15/h3-4,11,13-15H,5-10,12H2,1-2H3. The van der Waals surface area contributed by atoms with Gasteiger partial charge in [0.1, 0.15) is 0 Å². The zero-order valence-corrected chi connectivity index (χ0v) is 17.6. The zero-order valence-electron chi connectivity index (χ0n) is 16.7. The average molecular weight is 419 g/mol. The lowest BCUT2D eigenvalue weighted by Gasteiger charge is -2.37. The van der Waals surface area contributed by atoms with Gasteiger partial charge >= 0.3 is 0 Å². The van der Waals surface area contributed by atoms with E-state index >= 15 is 0 Å². The second kappa shape index (κ2) is 7.44. The van der Waals surface area contributed by atoms with Crippen molar-refractivity contribution >= 4 is 32.3 Å². The molecule has 2 aliphatic rings. The molecule has 29 heavy (non-hydrogen) atoms. The maximum absolute atomic E-state index is 12.6. The van der Waals surface area contributed by atoms with Crippen LogP contribution in [-0.4, -0.2) is 66.5 Å². The Balaban J connectivity index is 1.46. The van der Waals surface area contributed by atoms with E-state index < -0.39 is 9.84 Å². The van der Waals surface area contributed by atoms with Gasteiger partial charge in [0.25, 0.3) is 5.56 Å². The summed E-state index contributed by atoms with van der Waals surface area (Å²) in [5.74, 6) is -0.331. The molecular formula is C20H26N4O4S. The molecule has 1 amide bonds. The van der Waals surface area contributed by atoms with Crippen molar-refractivity contribution in [3.63, 3.8) is 0 Å². The Bertz CT molecular complexity index is 1100. The van der Waals surface area contributed by atoms with E-state index in [9.17, 15) is 18.0 Å². The smallest absolute Gasteiger partial charge is 0.261 e. The molecule has 156 valence electrons. The first-order valence-electron chi connectivity index (χ1n) is 10.0. The van der Waals surface area contributed by atoms with Gasteiger partial charge in [-0.25, -0.2) is 13.4 Å². The van der Waals surface area contributed by atoms with E-state index in [2.05, 4.69) is 9.88 Å². The highest BCUT2D eigenvalue weighted by Crippen LogP contribution is 2.24. The fourth-order valence-corrected chi connectivity index (χ4v) is 5.85. The minimum Gasteiger partial charge on any atom is -0.368 e. The first kappa shape index (κ1) is 19.9. The van der Waals surface area contributed by atoms with E-state index in [4.69, 9.17) is 0 Å². The number of hydrogen-bond acceptors (Lipinski definition) is 6. The summed E-state index contributed by atoms with van der Waals surface area (Å²) >= 11 is 0. The Kier molecular flexibility index (Phi) is 5.10. The van der Waals surface area contributed by atoms with Crippen LogP contribution in [0.1, 0.15) is 26.3 Å². The molecule has 1 aromatic heterocycles. The van der Waals surface area contributed by atoms with E-state index in [1.807, 2.05) is 32.0 Å². The highest BCUT2D eigenvalue weighted by molar-refractivity contribution is 7.91. The first-order chi connectivity index (χ1) is 13.7. The number of aromatic nitrogens is 2. The Morgan fingerprint density at radius 2 is 1.90 bits per heavy atom. The molecule has 4 rings (SSSR count). The summed E-state index contributed by atoms with van der Waals surface area (Å²) in [5.41, 5.74) is 1.60. The molecule has 0 N–H and O–H groups in total. The van der Waals surface area contributed by atoms with E-state index in [0.717, 1.165) is 5.69 Å². The highest BCUT2D eigenvalue weighted by atomic mass is 32.2. The lowest BCUT2D eigenvalue weighted by molar-refractivity contribution is -0.135. The summed E-state index contributed by atoms with van der Waals surface area (Å²) in [5, 5.41) is 0.598. The molecular weight excluding hydrogens is 392 g/mol. The van der Waals surface area contributed by atoms with Crippen LogP contribution in [0.4, 0.5) is 5.69 Å². The number of piperazine rings is 1. The largest absolute Gasteiger partial charge is 0.368 e. The molecule has 1 unspecified atom stereocenters. The summed E-state index contributed by atoms with van der Waals surface area (Å²) in [6.45, 7) is 6.36. The minimum absolute atomic E-state index is 0.0176. The van der Waals surface area contributed by atoms with E-state index in [1.54, 1.807) is 15.8 Å². The van der Waals surface area contributed by atoms with Gasteiger partial charge in [-0.1, -0.05) is 0 Å². The van der Waals surface area contributed by atoms with Gasteiger partial charge in [0, 0.05) is 37.9 Å². The van der Waals surface area contributed by atoms with Crippen LogP contribution in [0.2, 0.25) is 0 Å². The molecule has 0 radical (unpaired) electrons. The second-order valence-corrected chi connectivity index (χ2v) is 10.4. The van der Waals surface area contributed by atoms with Crippen LogP contribution >= 0.6 is 0 Å². The third-order valence-electron chi connectivity index (χ3n) is 5.86. The Labute approximate surface area is 170 Å². The molecule has 0 spiro atoms. The number of carbonyl (C=O) groups excluding carboxylic acids is 1. The number of amides is 1. The summed E-state index contributed by atoms with van der Waals surface area (Å²) < 4.78 is 24.9. The molecule has 2 saturated heterocycles. The SMILES string of the molecule is CC(C)n1cnc2cc(N3CCN(C(=O)C4CCS(=O)(=O)C4)CC3)ccc2c1=O. The van der Waals surface area contributed by atoms with Gasteiger partial charge in [-0.2, -0.15) is 0 Å². The predicted molar refractivity (Wildman–Crippen MR) is 112 cm³/mol. The van der Waals surface area contributed by atoms with Crippen LogP contribution in [-0.2, 0) is 14.6 Å². The van der Waals surface area contributed by atoms with Gasteiger partial charge in [0.15, 0.2) is 9.84 Å². The van der Waals surface area contributed by atoms with Crippen LogP contribution < -0.4 is 10.5 Å². The number of fused-ring (bicyclic) bond motifs is 1. The van der Waals surface area contributed by atoms with Gasteiger partial charge < -0.3 is 9.80 Å². The monoisotopic (exact) mass is 418 g/mol. The Morgan fingerprint density at radius 1 is 1.17 bits per heavy atom. The quantitative estimate of drug-likeness (QED) is 0.740. The summed E-state index contributed by atoms with van der Waals surface area (Å²) in [6, 6.07) is 5.72. The fourth-order valence-electron chi connectivity index (χ4n) is 4.12. The lowest BCUT2D eigenvalue weighted by atomic mass is 10.1. The third-order valence-corrected chi connectivity index (χ3v) is 7.63. The summed E-state index contributed by atoms with van der Waals surface area (Å²) in [6.07, 6.45) is 2.02. The normalized spacial score (nSPS) is 21.8. The zero-order chi connectivity index (χ0) is 20.8. The van der Waals surface area contributed by atoms with Crippen LogP contribution in [0.25, 0.3) is 10.9 Å². The molecule has 1 atom stereocenters. The van der Waals surface area contributed by atoms with Crippen molar-refractivity contribution < 1.29 is 13.2 Å². The lowest BCUT2D eigenvalue weighted by Crippen LogP contribution is -2.50. The summed E-state index contributed by atoms with van der Waals surface area (Å²) in [7, 11) is -3.06. The Morgan fingerprint density at radius 3 is 2.52 bits per heavy atom. The van der Waals surface area contributed by atoms with Crippen molar-refractivity contribution in [3.8, 4) is 0 Å². The number of hydrogen-bond donors (Lipinski definition) is 0. The van der Waals surface area contributed by atoms with E-state index in [0.29, 0.717) is 43.5 Å². The molecule has 2 aliphatic heterocycles. The van der Waals surface area contributed by atoms with Crippen LogP contribution in [0.15, 0.2) is 29.3 Å². The molecule has 0 aliphatic carbocycles. The number of benzene rings is 1. The van der Waals surface area contributed by atoms with Crippen LogP contribution in [0.5, 0.6) is 0 Å². The van der Waals surface area contributed by atoms with Crippen LogP contribution in [0.3, 0.4) is 0 Å². The summed E-state index contributed by atoms with van der Waals surface area (Å²) in [4.78, 5) is 33.6. The Hall–Kier alpha value is -2.42. The third kappa shape index (κ3) is 3.88. The first-order valence-corrected chi connectivity index (χ1v) is 11.8. The number of rotatable bonds is 3. The van der Waals surface area contributed by atoms with Crippen molar-refractivity contribution in [2.24, 2.45) is 5.92 Å². The van der Waals surface area contributed by atoms with Gasteiger partial charge in [0.05, 0.1) is 34.7 Å². The van der Waals surface area contributed by atoms with Crippen molar-refractivity contribution in [1.29, 1.82) is 0 Å². The van der Waals surface area contributed by atoms with Crippen molar-refractivity contribution in [2.75, 3.05) is 42.6 Å². The van der Waals surface area contributed by atoms with Crippen LogP contribution in [0, 0.1) is 5.92 Å². The van der Waals surface area contributed by atoms with E-state index in [-0.39, 0.29) is 34.9 Å². The molecule has 1 aromatic carbocycles. The van der Waals surface area contributed by atoms with Gasteiger partial charge in [-0.05, 0) is 38.5 Å². The fraction of sp³-hybridized carbons (Fsp3) is 0.550. The van der Waals surface area contributed by atoms with E-state index in [1.165, 1.54) is 0 Å². The second-order valence-electron chi connectivity index (χ2n) is 8.16. The predicted octanol–water partition coefficient (Wildman–Crippen LogP) is 1.06. The number of anilines is 1. The average Bonchev–Trinajstić information content (AvgIpc) is 3.07. The maximum Gasteiger partial charge on any atom is 0.261 e. The van der Waals surface area contributed by atoms with Gasteiger partial charge in [0.2, 0.25) is 5.91 Å². The maximum atomic E-state index is 12.6.